The van der Waals surface area contributed by atoms with Gasteiger partial charge in [0.1, 0.15) is 0 Å². The summed E-state index contributed by atoms with van der Waals surface area (Å²) in [6.45, 7) is 1.09. The first-order valence-electron chi connectivity index (χ1n) is 11.7. The molecule has 0 unspecified atom stereocenters. The first-order chi connectivity index (χ1) is 16.0. The van der Waals surface area contributed by atoms with Gasteiger partial charge >= 0.3 is 0 Å². The van der Waals surface area contributed by atoms with Gasteiger partial charge in [0.2, 0.25) is 0 Å². The van der Waals surface area contributed by atoms with Crippen LogP contribution in [0.5, 0.6) is 0 Å². The highest BCUT2D eigenvalue weighted by molar-refractivity contribution is 7.91. The van der Waals surface area contributed by atoms with Crippen molar-refractivity contribution in [3.8, 4) is 11.6 Å². The summed E-state index contributed by atoms with van der Waals surface area (Å²) in [7, 11) is -2.98. The molecule has 1 atom stereocenters. The van der Waals surface area contributed by atoms with Crippen molar-refractivity contribution in [3.63, 3.8) is 0 Å². The van der Waals surface area contributed by atoms with Crippen LogP contribution in [0.2, 0.25) is 0 Å². The minimum absolute atomic E-state index is 0.0198. The summed E-state index contributed by atoms with van der Waals surface area (Å²) >= 11 is 5.90. The Hall–Kier alpha value is -2.23. The highest BCUT2D eigenvalue weighted by Gasteiger charge is 2.36. The largest absolute Gasteiger partial charge is 0.461 e. The quantitative estimate of drug-likeness (QED) is 0.458. The molecule has 1 saturated heterocycles. The van der Waals surface area contributed by atoms with E-state index in [0.717, 1.165) is 18.4 Å². The first-order valence-corrected chi connectivity index (χ1v) is 13.9. The van der Waals surface area contributed by atoms with Gasteiger partial charge in [-0.1, -0.05) is 49.6 Å². The van der Waals surface area contributed by atoms with Crippen molar-refractivity contribution in [1.29, 1.82) is 0 Å². The molecule has 2 aromatic heterocycles. The molecule has 9 heteroatoms. The molecule has 0 amide bonds. The Morgan fingerprint density at radius 1 is 1.03 bits per heavy atom. The molecule has 2 aliphatic rings. The van der Waals surface area contributed by atoms with E-state index in [0.29, 0.717) is 42.0 Å². The third-order valence-electron chi connectivity index (χ3n) is 6.87. The second-order valence-corrected chi connectivity index (χ2v) is 11.8. The number of hydrogen-bond acceptors (Lipinski definition) is 6. The average molecular weight is 487 g/mol. The van der Waals surface area contributed by atoms with Crippen molar-refractivity contribution >= 4 is 22.1 Å². The summed E-state index contributed by atoms with van der Waals surface area (Å²) in [6, 6.07) is 14.3. The highest BCUT2D eigenvalue weighted by atomic mass is 32.2. The van der Waals surface area contributed by atoms with Gasteiger partial charge < -0.3 is 4.42 Å². The molecule has 0 radical (unpaired) electrons. The van der Waals surface area contributed by atoms with E-state index in [1.807, 2.05) is 39.6 Å². The molecule has 1 saturated carbocycles. The number of nitrogens with zero attached hydrogens (tertiary/aromatic N) is 4. The van der Waals surface area contributed by atoms with Gasteiger partial charge in [-0.2, -0.15) is 0 Å². The monoisotopic (exact) mass is 486 g/mol. The molecule has 3 heterocycles. The van der Waals surface area contributed by atoms with Crippen LogP contribution in [0, 0.1) is 4.77 Å². The van der Waals surface area contributed by atoms with Crippen LogP contribution in [0.4, 0.5) is 0 Å². The first kappa shape index (κ1) is 22.6. The van der Waals surface area contributed by atoms with Gasteiger partial charge in [0.05, 0.1) is 31.0 Å². The predicted octanol–water partition coefficient (Wildman–Crippen LogP) is 4.50. The maximum Gasteiger partial charge on any atom is 0.199 e. The van der Waals surface area contributed by atoms with Crippen LogP contribution in [0.1, 0.15) is 44.1 Å². The summed E-state index contributed by atoms with van der Waals surface area (Å²) in [5.41, 5.74) is 1.13. The van der Waals surface area contributed by atoms with E-state index in [2.05, 4.69) is 17.0 Å². The van der Waals surface area contributed by atoms with E-state index in [-0.39, 0.29) is 17.5 Å². The van der Waals surface area contributed by atoms with Crippen LogP contribution in [-0.2, 0) is 23.1 Å². The van der Waals surface area contributed by atoms with Crippen molar-refractivity contribution in [2.24, 2.45) is 0 Å². The van der Waals surface area contributed by atoms with Crippen LogP contribution < -0.4 is 0 Å². The second kappa shape index (κ2) is 9.56. The van der Waals surface area contributed by atoms with Crippen molar-refractivity contribution < 1.29 is 12.8 Å². The Balaban J connectivity index is 1.50. The standard InChI is InChI=1S/C24H30N4O3S2/c29-33(30)15-13-21(17-33)27(20-10-5-2-6-11-20)18-28-24(32)26(16-19-8-3-1-4-9-19)23(25-28)22-12-7-14-31-22/h1,3-4,7-9,12,14,20-21H,2,5-6,10-11,13,15-18H2/t21-/m1/s1. The molecular formula is C24H30N4O3S2. The summed E-state index contributed by atoms with van der Waals surface area (Å²) in [5, 5.41) is 4.88. The van der Waals surface area contributed by atoms with Gasteiger partial charge in [-0.3, -0.25) is 9.47 Å². The Bertz CT molecular complexity index is 1230. The van der Waals surface area contributed by atoms with Crippen LogP contribution in [0.15, 0.2) is 53.1 Å². The molecule has 2 fully saturated rings. The molecule has 3 aromatic rings. The Labute approximate surface area is 199 Å². The number of sulfone groups is 1. The number of furan rings is 1. The van der Waals surface area contributed by atoms with Gasteiger partial charge in [-0.25, -0.2) is 13.1 Å². The van der Waals surface area contributed by atoms with Gasteiger partial charge in [-0.05, 0) is 49.2 Å². The summed E-state index contributed by atoms with van der Waals surface area (Å²) in [4.78, 5) is 2.37. The SMILES string of the molecule is O=S1(=O)CC[C@@H](N(Cn2nc(-c3ccco3)n(Cc3ccccc3)c2=S)C2CCCCC2)C1. The smallest absolute Gasteiger partial charge is 0.199 e. The van der Waals surface area contributed by atoms with Crippen molar-refractivity contribution in [1.82, 2.24) is 19.2 Å². The van der Waals surface area contributed by atoms with E-state index in [9.17, 15) is 8.42 Å². The summed E-state index contributed by atoms with van der Waals surface area (Å²) < 4.78 is 34.7. The van der Waals surface area contributed by atoms with E-state index in [4.69, 9.17) is 21.7 Å². The number of hydrogen-bond donors (Lipinski definition) is 0. The zero-order valence-corrected chi connectivity index (χ0v) is 20.3. The lowest BCUT2D eigenvalue weighted by Crippen LogP contribution is -2.46. The molecule has 5 rings (SSSR count). The van der Waals surface area contributed by atoms with Crippen LogP contribution in [0.25, 0.3) is 11.6 Å². The molecule has 0 spiro atoms. The van der Waals surface area contributed by atoms with Crippen molar-refractivity contribution in [2.45, 2.75) is 63.8 Å². The maximum absolute atomic E-state index is 12.3. The van der Waals surface area contributed by atoms with Gasteiger partial charge in [0.15, 0.2) is 26.2 Å². The van der Waals surface area contributed by atoms with Gasteiger partial charge in [0, 0.05) is 12.1 Å². The average Bonchev–Trinajstić information content (AvgIpc) is 3.54. The molecule has 0 N–H and O–H groups in total. The summed E-state index contributed by atoms with van der Waals surface area (Å²) in [6.07, 6.45) is 8.14. The maximum atomic E-state index is 12.3. The molecule has 1 aliphatic heterocycles. The molecule has 7 nitrogen and oxygen atoms in total. The number of benzene rings is 1. The van der Waals surface area contributed by atoms with Crippen molar-refractivity contribution in [2.75, 3.05) is 11.5 Å². The third kappa shape index (κ3) is 5.00. The van der Waals surface area contributed by atoms with E-state index in [1.165, 1.54) is 19.3 Å². The van der Waals surface area contributed by atoms with Gasteiger partial charge in [-0.15, -0.1) is 5.10 Å². The summed E-state index contributed by atoms with van der Waals surface area (Å²) in [5.74, 6) is 1.86. The minimum atomic E-state index is -2.98. The minimum Gasteiger partial charge on any atom is -0.461 e. The van der Waals surface area contributed by atoms with Crippen molar-refractivity contribution in [3.05, 3.63) is 59.1 Å². The molecule has 1 aromatic carbocycles. The van der Waals surface area contributed by atoms with Gasteiger partial charge in [0.25, 0.3) is 0 Å². The van der Waals surface area contributed by atoms with E-state index in [1.54, 1.807) is 6.26 Å². The fourth-order valence-corrected chi connectivity index (χ4v) is 7.15. The molecule has 33 heavy (non-hydrogen) atoms. The second-order valence-electron chi connectivity index (χ2n) is 9.16. The Morgan fingerprint density at radius 2 is 1.82 bits per heavy atom. The van der Waals surface area contributed by atoms with E-state index >= 15 is 0 Å². The van der Waals surface area contributed by atoms with E-state index < -0.39 is 9.84 Å². The number of rotatable bonds is 7. The fraction of sp³-hybridized carbons (Fsp3) is 0.500. The lowest BCUT2D eigenvalue weighted by molar-refractivity contribution is 0.0739. The lowest BCUT2D eigenvalue weighted by Gasteiger charge is -2.37. The zero-order chi connectivity index (χ0) is 22.8. The molecular weight excluding hydrogens is 456 g/mol. The Morgan fingerprint density at radius 3 is 2.48 bits per heavy atom. The fourth-order valence-electron chi connectivity index (χ4n) is 5.16. The third-order valence-corrected chi connectivity index (χ3v) is 9.05. The number of aromatic nitrogens is 3. The van der Waals surface area contributed by atoms with Crippen LogP contribution >= 0.6 is 12.2 Å². The predicted molar refractivity (Wildman–Crippen MR) is 130 cm³/mol. The Kier molecular flexibility index (Phi) is 6.53. The highest BCUT2D eigenvalue weighted by Crippen LogP contribution is 2.29. The normalized spacial score (nSPS) is 21.1. The zero-order valence-electron chi connectivity index (χ0n) is 18.7. The lowest BCUT2D eigenvalue weighted by atomic mass is 9.93. The molecule has 1 aliphatic carbocycles. The topological polar surface area (TPSA) is 73.3 Å². The molecule has 176 valence electrons. The molecule has 0 bridgehead atoms. The van der Waals surface area contributed by atoms with Crippen LogP contribution in [-0.4, -0.2) is 51.3 Å². The van der Waals surface area contributed by atoms with Crippen LogP contribution in [0.3, 0.4) is 0 Å².